The summed E-state index contributed by atoms with van der Waals surface area (Å²) in [5, 5.41) is 0. The van der Waals surface area contributed by atoms with Crippen LogP contribution in [0.3, 0.4) is 0 Å². The molecule has 0 aliphatic carbocycles. The van der Waals surface area contributed by atoms with Gasteiger partial charge < -0.3 is 9.47 Å². The number of fused-ring (bicyclic) bond motifs is 1. The fraction of sp³-hybridized carbons (Fsp3) is 0.250. The van der Waals surface area contributed by atoms with Crippen LogP contribution in [0.25, 0.3) is 0 Å². The van der Waals surface area contributed by atoms with Crippen molar-refractivity contribution in [3.63, 3.8) is 0 Å². The molecule has 104 valence electrons. The standard InChI is InChI=1S/C16H14BrClO2/c17-14-7-11-5-6-19-16(11)13(8-14)10-20-15-4-2-1-3-12(15)9-18/h1-4,7-8H,5-6,9-10H2. The second-order valence-electron chi connectivity index (χ2n) is 4.68. The fourth-order valence-corrected chi connectivity index (χ4v) is 3.14. The highest BCUT2D eigenvalue weighted by Crippen LogP contribution is 2.34. The van der Waals surface area contributed by atoms with E-state index in [1.165, 1.54) is 5.56 Å². The first-order valence-corrected chi connectivity index (χ1v) is 7.81. The molecule has 1 heterocycles. The Morgan fingerprint density at radius 3 is 2.90 bits per heavy atom. The third-order valence-electron chi connectivity index (χ3n) is 3.33. The van der Waals surface area contributed by atoms with E-state index in [0.29, 0.717) is 12.5 Å². The van der Waals surface area contributed by atoms with Crippen molar-refractivity contribution in [3.8, 4) is 11.5 Å². The molecule has 0 aromatic heterocycles. The molecule has 0 saturated heterocycles. The lowest BCUT2D eigenvalue weighted by Gasteiger charge is -2.12. The number of alkyl halides is 1. The summed E-state index contributed by atoms with van der Waals surface area (Å²) in [6.07, 6.45) is 0.958. The average Bonchev–Trinajstić information content (AvgIpc) is 2.93. The van der Waals surface area contributed by atoms with Crippen LogP contribution in [-0.4, -0.2) is 6.61 Å². The number of halogens is 2. The molecule has 2 aromatic carbocycles. The summed E-state index contributed by atoms with van der Waals surface area (Å²) >= 11 is 9.46. The van der Waals surface area contributed by atoms with Crippen LogP contribution in [0.4, 0.5) is 0 Å². The molecule has 0 amide bonds. The molecule has 4 heteroatoms. The Morgan fingerprint density at radius 2 is 2.05 bits per heavy atom. The van der Waals surface area contributed by atoms with Gasteiger partial charge in [-0.1, -0.05) is 34.1 Å². The maximum atomic E-state index is 5.92. The van der Waals surface area contributed by atoms with Gasteiger partial charge in [0.1, 0.15) is 18.1 Å². The number of hydrogen-bond donors (Lipinski definition) is 0. The molecule has 0 N–H and O–H groups in total. The van der Waals surface area contributed by atoms with Crippen molar-refractivity contribution in [2.24, 2.45) is 0 Å². The zero-order chi connectivity index (χ0) is 13.9. The Hall–Kier alpha value is -1.19. The second-order valence-corrected chi connectivity index (χ2v) is 5.86. The van der Waals surface area contributed by atoms with Crippen LogP contribution in [0, 0.1) is 0 Å². The van der Waals surface area contributed by atoms with Crippen LogP contribution in [0.1, 0.15) is 16.7 Å². The minimum absolute atomic E-state index is 0.448. The molecule has 2 nitrogen and oxygen atoms in total. The van der Waals surface area contributed by atoms with E-state index in [-0.39, 0.29) is 0 Å². The van der Waals surface area contributed by atoms with Gasteiger partial charge in [-0.05, 0) is 23.8 Å². The van der Waals surface area contributed by atoms with Crippen LogP contribution >= 0.6 is 27.5 Å². The molecule has 0 unspecified atom stereocenters. The van der Waals surface area contributed by atoms with Gasteiger partial charge in [-0.2, -0.15) is 0 Å². The van der Waals surface area contributed by atoms with Crippen LogP contribution in [0.2, 0.25) is 0 Å². The van der Waals surface area contributed by atoms with E-state index >= 15 is 0 Å². The van der Waals surface area contributed by atoms with Gasteiger partial charge in [-0.25, -0.2) is 0 Å². The second kappa shape index (κ2) is 6.06. The fourth-order valence-electron chi connectivity index (χ4n) is 2.36. The summed E-state index contributed by atoms with van der Waals surface area (Å²) in [7, 11) is 0. The van der Waals surface area contributed by atoms with Gasteiger partial charge in [0.05, 0.1) is 12.5 Å². The minimum atomic E-state index is 0.448. The topological polar surface area (TPSA) is 18.5 Å². The van der Waals surface area contributed by atoms with Crippen LogP contribution < -0.4 is 9.47 Å². The molecule has 0 bridgehead atoms. The summed E-state index contributed by atoms with van der Waals surface area (Å²) < 4.78 is 12.7. The molecule has 0 radical (unpaired) electrons. The zero-order valence-corrected chi connectivity index (χ0v) is 13.2. The van der Waals surface area contributed by atoms with Gasteiger partial charge in [0, 0.05) is 22.0 Å². The summed E-state index contributed by atoms with van der Waals surface area (Å²) in [5.41, 5.74) is 3.31. The Labute approximate surface area is 131 Å². The van der Waals surface area contributed by atoms with E-state index in [1.54, 1.807) is 0 Å². The SMILES string of the molecule is ClCc1ccccc1OCc1cc(Br)cc2c1OCC2. The maximum Gasteiger partial charge on any atom is 0.129 e. The van der Waals surface area contributed by atoms with Crippen molar-refractivity contribution >= 4 is 27.5 Å². The highest BCUT2D eigenvalue weighted by molar-refractivity contribution is 9.10. The third-order valence-corrected chi connectivity index (χ3v) is 4.07. The highest BCUT2D eigenvalue weighted by atomic mass is 79.9. The Bertz CT molecular complexity index is 628. The first-order chi connectivity index (χ1) is 9.78. The summed E-state index contributed by atoms with van der Waals surface area (Å²) in [5.74, 6) is 2.24. The number of para-hydroxylation sites is 1. The number of benzene rings is 2. The molecule has 0 saturated carbocycles. The molecular weight excluding hydrogens is 340 g/mol. The Balaban J connectivity index is 1.82. The molecule has 0 atom stereocenters. The summed E-state index contributed by atoms with van der Waals surface area (Å²) in [6, 6.07) is 12.0. The van der Waals surface area contributed by atoms with E-state index in [0.717, 1.165) is 40.1 Å². The van der Waals surface area contributed by atoms with E-state index in [1.807, 2.05) is 30.3 Å². The molecule has 0 fully saturated rings. The molecular formula is C16H14BrClO2. The molecule has 20 heavy (non-hydrogen) atoms. The first kappa shape index (κ1) is 13.8. The summed E-state index contributed by atoms with van der Waals surface area (Å²) in [4.78, 5) is 0. The predicted molar refractivity (Wildman–Crippen MR) is 83.7 cm³/mol. The van der Waals surface area contributed by atoms with E-state index < -0.39 is 0 Å². The van der Waals surface area contributed by atoms with Crippen LogP contribution in [0.15, 0.2) is 40.9 Å². The van der Waals surface area contributed by atoms with Crippen molar-refractivity contribution in [2.45, 2.75) is 18.9 Å². The Kier molecular flexibility index (Phi) is 4.18. The van der Waals surface area contributed by atoms with E-state index in [4.69, 9.17) is 21.1 Å². The monoisotopic (exact) mass is 352 g/mol. The van der Waals surface area contributed by atoms with Gasteiger partial charge in [0.2, 0.25) is 0 Å². The number of ether oxygens (including phenoxy) is 2. The molecule has 0 spiro atoms. The van der Waals surface area contributed by atoms with E-state index in [9.17, 15) is 0 Å². The lowest BCUT2D eigenvalue weighted by atomic mass is 10.1. The van der Waals surface area contributed by atoms with Gasteiger partial charge in [0.15, 0.2) is 0 Å². The van der Waals surface area contributed by atoms with E-state index in [2.05, 4.69) is 22.0 Å². The van der Waals surface area contributed by atoms with Crippen molar-refractivity contribution in [2.75, 3.05) is 6.61 Å². The largest absolute Gasteiger partial charge is 0.493 e. The van der Waals surface area contributed by atoms with Crippen molar-refractivity contribution < 1.29 is 9.47 Å². The smallest absolute Gasteiger partial charge is 0.129 e. The van der Waals surface area contributed by atoms with Crippen molar-refractivity contribution in [1.82, 2.24) is 0 Å². The number of hydrogen-bond acceptors (Lipinski definition) is 2. The van der Waals surface area contributed by atoms with Crippen LogP contribution in [0.5, 0.6) is 11.5 Å². The molecule has 1 aliphatic heterocycles. The van der Waals surface area contributed by atoms with Gasteiger partial charge >= 0.3 is 0 Å². The normalized spacial score (nSPS) is 12.9. The van der Waals surface area contributed by atoms with Gasteiger partial charge in [-0.3, -0.25) is 0 Å². The summed E-state index contributed by atoms with van der Waals surface area (Å²) in [6.45, 7) is 1.23. The van der Waals surface area contributed by atoms with Crippen molar-refractivity contribution in [1.29, 1.82) is 0 Å². The lowest BCUT2D eigenvalue weighted by Crippen LogP contribution is -2.00. The van der Waals surface area contributed by atoms with Crippen LogP contribution in [-0.2, 0) is 18.9 Å². The van der Waals surface area contributed by atoms with Gasteiger partial charge in [0.25, 0.3) is 0 Å². The number of rotatable bonds is 4. The maximum absolute atomic E-state index is 5.92. The first-order valence-electron chi connectivity index (χ1n) is 6.48. The minimum Gasteiger partial charge on any atom is -0.493 e. The lowest BCUT2D eigenvalue weighted by molar-refractivity contribution is 0.290. The third kappa shape index (κ3) is 2.79. The predicted octanol–water partition coefficient (Wildman–Crippen LogP) is 4.70. The molecule has 1 aliphatic rings. The van der Waals surface area contributed by atoms with Gasteiger partial charge in [-0.15, -0.1) is 11.6 Å². The quantitative estimate of drug-likeness (QED) is 0.742. The van der Waals surface area contributed by atoms with Crippen molar-refractivity contribution in [3.05, 3.63) is 57.6 Å². The average molecular weight is 354 g/mol. The zero-order valence-electron chi connectivity index (χ0n) is 10.9. The molecule has 3 rings (SSSR count). The Morgan fingerprint density at radius 1 is 1.20 bits per heavy atom. The highest BCUT2D eigenvalue weighted by Gasteiger charge is 2.18. The molecule has 2 aromatic rings.